The summed E-state index contributed by atoms with van der Waals surface area (Å²) in [6.07, 6.45) is 1.74. The van der Waals surface area contributed by atoms with Gasteiger partial charge in [0.05, 0.1) is 12.2 Å². The van der Waals surface area contributed by atoms with Crippen LogP contribution in [-0.4, -0.2) is 17.4 Å². The molecule has 0 atom stereocenters. The molecule has 0 saturated heterocycles. The van der Waals surface area contributed by atoms with Crippen LogP contribution in [0.15, 0.2) is 34.9 Å². The molecule has 0 spiro atoms. The molecule has 1 aromatic carbocycles. The van der Waals surface area contributed by atoms with Crippen molar-refractivity contribution in [3.63, 3.8) is 0 Å². The quantitative estimate of drug-likeness (QED) is 0.736. The molecular weight excluding hydrogens is 266 g/mol. The van der Waals surface area contributed by atoms with Crippen molar-refractivity contribution in [2.45, 2.75) is 20.8 Å². The zero-order valence-electron chi connectivity index (χ0n) is 12.3. The number of ketones is 1. The lowest BCUT2D eigenvalue weighted by molar-refractivity contribution is 0.103. The lowest BCUT2D eigenvalue weighted by Gasteiger charge is -2.03. The van der Waals surface area contributed by atoms with E-state index in [0.29, 0.717) is 23.5 Å². The van der Waals surface area contributed by atoms with Gasteiger partial charge in [-0.3, -0.25) is 4.79 Å². The van der Waals surface area contributed by atoms with Crippen LogP contribution in [0.3, 0.4) is 0 Å². The zero-order valence-corrected chi connectivity index (χ0v) is 12.3. The molecule has 0 saturated carbocycles. The SMILES string of the molecule is CCOc1ccc2[nH]cc(C(=O)c3cc(C)oc3C)c2c1. The van der Waals surface area contributed by atoms with Gasteiger partial charge in [-0.1, -0.05) is 0 Å². The van der Waals surface area contributed by atoms with Crippen molar-refractivity contribution < 1.29 is 13.9 Å². The van der Waals surface area contributed by atoms with Crippen LogP contribution in [0.1, 0.15) is 34.4 Å². The molecule has 0 fully saturated rings. The number of aromatic nitrogens is 1. The van der Waals surface area contributed by atoms with Gasteiger partial charge >= 0.3 is 0 Å². The summed E-state index contributed by atoms with van der Waals surface area (Å²) in [7, 11) is 0. The van der Waals surface area contributed by atoms with Crippen LogP contribution < -0.4 is 4.74 Å². The lowest BCUT2D eigenvalue weighted by atomic mass is 10.0. The molecule has 108 valence electrons. The molecule has 0 aliphatic rings. The number of nitrogens with one attached hydrogen (secondary N) is 1. The van der Waals surface area contributed by atoms with Gasteiger partial charge in [-0.15, -0.1) is 0 Å². The molecule has 2 heterocycles. The molecule has 0 amide bonds. The maximum Gasteiger partial charge on any atom is 0.198 e. The summed E-state index contributed by atoms with van der Waals surface area (Å²) >= 11 is 0. The van der Waals surface area contributed by atoms with Crippen LogP contribution in [0.25, 0.3) is 10.9 Å². The van der Waals surface area contributed by atoms with Gasteiger partial charge in [-0.25, -0.2) is 0 Å². The molecule has 4 nitrogen and oxygen atoms in total. The van der Waals surface area contributed by atoms with Crippen LogP contribution in [-0.2, 0) is 0 Å². The summed E-state index contributed by atoms with van der Waals surface area (Å²) in [6, 6.07) is 7.49. The number of ether oxygens (including phenoxy) is 1. The molecule has 21 heavy (non-hydrogen) atoms. The van der Waals surface area contributed by atoms with Crippen molar-refractivity contribution in [3.8, 4) is 5.75 Å². The fourth-order valence-electron chi connectivity index (χ4n) is 2.55. The van der Waals surface area contributed by atoms with Crippen molar-refractivity contribution in [2.24, 2.45) is 0 Å². The van der Waals surface area contributed by atoms with E-state index in [-0.39, 0.29) is 5.78 Å². The van der Waals surface area contributed by atoms with Gasteiger partial charge in [0.2, 0.25) is 0 Å². The Bertz CT molecular complexity index is 811. The highest BCUT2D eigenvalue weighted by atomic mass is 16.5. The Balaban J connectivity index is 2.09. The molecule has 0 aliphatic heterocycles. The Morgan fingerprint density at radius 3 is 2.71 bits per heavy atom. The number of H-pyrrole nitrogens is 1. The summed E-state index contributed by atoms with van der Waals surface area (Å²) in [5, 5.41) is 0.865. The van der Waals surface area contributed by atoms with E-state index in [1.807, 2.05) is 32.0 Å². The molecule has 0 aliphatic carbocycles. The first kappa shape index (κ1) is 13.5. The minimum atomic E-state index is -0.0377. The Labute approximate surface area is 122 Å². The molecule has 4 heteroatoms. The van der Waals surface area contributed by atoms with Crippen LogP contribution in [0, 0.1) is 13.8 Å². The lowest BCUT2D eigenvalue weighted by Crippen LogP contribution is -2.00. The number of rotatable bonds is 4. The number of aryl methyl sites for hydroxylation is 2. The molecule has 3 aromatic rings. The van der Waals surface area contributed by atoms with E-state index in [2.05, 4.69) is 4.98 Å². The molecular formula is C17H17NO3. The Morgan fingerprint density at radius 2 is 2.05 bits per heavy atom. The molecule has 3 rings (SSSR count). The highest BCUT2D eigenvalue weighted by Gasteiger charge is 2.19. The van der Waals surface area contributed by atoms with E-state index >= 15 is 0 Å². The second-order valence-electron chi connectivity index (χ2n) is 5.00. The third-order valence-corrected chi connectivity index (χ3v) is 3.49. The highest BCUT2D eigenvalue weighted by Crippen LogP contribution is 2.27. The fraction of sp³-hybridized carbons (Fsp3) is 0.235. The zero-order chi connectivity index (χ0) is 15.0. The summed E-state index contributed by atoms with van der Waals surface area (Å²) in [5.41, 5.74) is 2.16. The first-order chi connectivity index (χ1) is 10.1. The van der Waals surface area contributed by atoms with Crippen LogP contribution in [0.2, 0.25) is 0 Å². The van der Waals surface area contributed by atoms with Gasteiger partial charge in [0, 0.05) is 22.7 Å². The van der Waals surface area contributed by atoms with Crippen molar-refractivity contribution >= 4 is 16.7 Å². The normalized spacial score (nSPS) is 11.0. The van der Waals surface area contributed by atoms with Crippen molar-refractivity contribution in [2.75, 3.05) is 6.61 Å². The average Bonchev–Trinajstić information content (AvgIpc) is 3.01. The standard InChI is InChI=1S/C17H17NO3/c1-4-20-12-5-6-16-14(8-12)15(9-18-16)17(19)13-7-10(2)21-11(13)3/h5-9,18H,4H2,1-3H3. The molecule has 1 N–H and O–H groups in total. The number of fused-ring (bicyclic) bond motifs is 1. The average molecular weight is 283 g/mol. The van der Waals surface area contributed by atoms with E-state index in [1.165, 1.54) is 0 Å². The number of carbonyl (C=O) groups excluding carboxylic acids is 1. The second kappa shape index (κ2) is 5.13. The largest absolute Gasteiger partial charge is 0.494 e. The Hall–Kier alpha value is -2.49. The first-order valence-electron chi connectivity index (χ1n) is 6.96. The monoisotopic (exact) mass is 283 g/mol. The Morgan fingerprint density at radius 1 is 1.24 bits per heavy atom. The highest BCUT2D eigenvalue weighted by molar-refractivity contribution is 6.16. The fourth-order valence-corrected chi connectivity index (χ4v) is 2.55. The van der Waals surface area contributed by atoms with Gasteiger partial charge in [-0.05, 0) is 45.0 Å². The van der Waals surface area contributed by atoms with Crippen LogP contribution in [0.5, 0.6) is 5.75 Å². The number of benzene rings is 1. The minimum Gasteiger partial charge on any atom is -0.494 e. The molecule has 0 bridgehead atoms. The van der Waals surface area contributed by atoms with E-state index in [0.717, 1.165) is 22.4 Å². The number of hydrogen-bond donors (Lipinski definition) is 1. The minimum absolute atomic E-state index is 0.0377. The summed E-state index contributed by atoms with van der Waals surface area (Å²) in [5.74, 6) is 2.11. The molecule has 0 unspecified atom stereocenters. The third-order valence-electron chi connectivity index (χ3n) is 3.49. The Kier molecular flexibility index (Phi) is 3.29. The summed E-state index contributed by atoms with van der Waals surface area (Å²) < 4.78 is 11.0. The van der Waals surface area contributed by atoms with Gasteiger partial charge in [-0.2, -0.15) is 0 Å². The summed E-state index contributed by atoms with van der Waals surface area (Å²) in [6.45, 7) is 6.18. The van der Waals surface area contributed by atoms with Crippen molar-refractivity contribution in [3.05, 3.63) is 53.1 Å². The van der Waals surface area contributed by atoms with Crippen LogP contribution in [0.4, 0.5) is 0 Å². The van der Waals surface area contributed by atoms with Gasteiger partial charge in [0.1, 0.15) is 17.3 Å². The number of furan rings is 1. The first-order valence-corrected chi connectivity index (χ1v) is 6.96. The smallest absolute Gasteiger partial charge is 0.198 e. The topological polar surface area (TPSA) is 55.2 Å². The van der Waals surface area contributed by atoms with Crippen LogP contribution >= 0.6 is 0 Å². The third kappa shape index (κ3) is 2.33. The van der Waals surface area contributed by atoms with E-state index in [9.17, 15) is 4.79 Å². The van der Waals surface area contributed by atoms with Gasteiger partial charge in [0.25, 0.3) is 0 Å². The van der Waals surface area contributed by atoms with E-state index in [4.69, 9.17) is 9.15 Å². The number of aromatic amines is 1. The van der Waals surface area contributed by atoms with Crippen molar-refractivity contribution in [1.82, 2.24) is 4.98 Å². The van der Waals surface area contributed by atoms with Crippen molar-refractivity contribution in [1.29, 1.82) is 0 Å². The van der Waals surface area contributed by atoms with Gasteiger partial charge < -0.3 is 14.1 Å². The van der Waals surface area contributed by atoms with E-state index in [1.54, 1.807) is 19.2 Å². The number of carbonyl (C=O) groups is 1. The molecule has 2 aromatic heterocycles. The second-order valence-corrected chi connectivity index (χ2v) is 5.00. The number of hydrogen-bond acceptors (Lipinski definition) is 3. The summed E-state index contributed by atoms with van der Waals surface area (Å²) in [4.78, 5) is 15.8. The van der Waals surface area contributed by atoms with Gasteiger partial charge in [0.15, 0.2) is 5.78 Å². The maximum atomic E-state index is 12.7. The predicted molar refractivity (Wildman–Crippen MR) is 81.1 cm³/mol. The predicted octanol–water partition coefficient (Wildman–Crippen LogP) is 4.01. The molecule has 0 radical (unpaired) electrons. The maximum absolute atomic E-state index is 12.7. The van der Waals surface area contributed by atoms with E-state index < -0.39 is 0 Å².